The van der Waals surface area contributed by atoms with Crippen molar-refractivity contribution in [2.75, 3.05) is 0 Å². The third-order valence-electron chi connectivity index (χ3n) is 11.4. The Hall–Kier alpha value is -5.14. The lowest BCUT2D eigenvalue weighted by molar-refractivity contribution is 0.233. The van der Waals surface area contributed by atoms with Crippen LogP contribution in [0.25, 0.3) is 76.9 Å². The lowest BCUT2D eigenvalue weighted by Crippen LogP contribution is -2.27. The summed E-state index contributed by atoms with van der Waals surface area (Å²) in [6, 6.07) is 25.4. The van der Waals surface area contributed by atoms with Gasteiger partial charge in [0, 0.05) is 10.8 Å². The highest BCUT2D eigenvalue weighted by atomic mass is 16.3. The molecule has 1 heterocycles. The lowest BCUT2D eigenvalue weighted by Gasteiger charge is -2.34. The number of fused-ring (bicyclic) bond motifs is 8. The highest BCUT2D eigenvalue weighted by molar-refractivity contribution is 6.21. The Bertz CT molecular complexity index is 2920. The van der Waals surface area contributed by atoms with Crippen LogP contribution in [0.3, 0.4) is 0 Å². The molecular formula is C47H38O. The van der Waals surface area contributed by atoms with E-state index in [4.69, 9.17) is 9.90 Å². The van der Waals surface area contributed by atoms with Crippen molar-refractivity contribution < 1.29 is 15.4 Å². The van der Waals surface area contributed by atoms with Crippen LogP contribution in [0.1, 0.15) is 67.5 Å². The molecule has 2 unspecified atom stereocenters. The Morgan fingerprint density at radius 1 is 0.562 bits per heavy atom. The Balaban J connectivity index is 1.27. The summed E-state index contributed by atoms with van der Waals surface area (Å²) in [6.07, 6.45) is 4.58. The van der Waals surface area contributed by atoms with E-state index in [1.54, 1.807) is 0 Å². The van der Waals surface area contributed by atoms with E-state index < -0.39 is 12.1 Å². The molecule has 2 aliphatic carbocycles. The summed E-state index contributed by atoms with van der Waals surface area (Å²) in [4.78, 5) is 0. The van der Waals surface area contributed by atoms with Crippen molar-refractivity contribution in [1.29, 1.82) is 0 Å². The second kappa shape index (κ2) is 10.4. The third-order valence-corrected chi connectivity index (χ3v) is 11.4. The second-order valence-electron chi connectivity index (χ2n) is 14.2. The van der Waals surface area contributed by atoms with E-state index in [0.29, 0.717) is 34.1 Å². The SMILES string of the molecule is [2H]c1c([2H])c([2H])c2c(-c3ccc4c(c3)C3CCCCC3C4(C)C)c3c([2H])c([2H])c([2H])c([2H])c3c(-c3ccc(-c4ccc5oc6ccccc6c5c4)cc3)c2c1[2H]. The quantitative estimate of drug-likeness (QED) is 0.178. The number of hydrogen-bond donors (Lipinski definition) is 0. The molecule has 0 spiro atoms. The zero-order valence-corrected chi connectivity index (χ0v) is 27.0. The number of rotatable bonds is 3. The van der Waals surface area contributed by atoms with Gasteiger partial charge in [-0.2, -0.15) is 0 Å². The Morgan fingerprint density at radius 2 is 1.15 bits per heavy atom. The molecule has 7 aromatic carbocycles. The van der Waals surface area contributed by atoms with E-state index in [0.717, 1.165) is 52.3 Å². The van der Waals surface area contributed by atoms with Crippen molar-refractivity contribution in [2.45, 2.75) is 50.9 Å². The van der Waals surface area contributed by atoms with Gasteiger partial charge in [-0.15, -0.1) is 0 Å². The molecule has 0 aliphatic heterocycles. The van der Waals surface area contributed by atoms with Gasteiger partial charge in [-0.25, -0.2) is 0 Å². The molecule has 1 fully saturated rings. The smallest absolute Gasteiger partial charge is 0.135 e. The van der Waals surface area contributed by atoms with Crippen LogP contribution in [-0.4, -0.2) is 0 Å². The number of furan rings is 1. The van der Waals surface area contributed by atoms with Gasteiger partial charge < -0.3 is 4.42 Å². The summed E-state index contributed by atoms with van der Waals surface area (Å²) in [7, 11) is 0. The molecule has 0 amide bonds. The molecule has 10 rings (SSSR count). The predicted octanol–water partition coefficient (Wildman–Crippen LogP) is 13.5. The molecule has 0 N–H and O–H groups in total. The molecule has 48 heavy (non-hydrogen) atoms. The van der Waals surface area contributed by atoms with Crippen molar-refractivity contribution in [3.05, 3.63) is 144 Å². The van der Waals surface area contributed by atoms with Crippen LogP contribution in [0, 0.1) is 5.92 Å². The van der Waals surface area contributed by atoms with Gasteiger partial charge in [-0.1, -0.05) is 142 Å². The largest absolute Gasteiger partial charge is 0.456 e. The molecule has 2 aliphatic rings. The minimum absolute atomic E-state index is 0.0238. The summed E-state index contributed by atoms with van der Waals surface area (Å²) in [5, 5.41) is 2.99. The van der Waals surface area contributed by atoms with Crippen molar-refractivity contribution in [3.8, 4) is 33.4 Å². The first kappa shape index (κ1) is 21.0. The molecule has 1 saturated carbocycles. The first-order chi connectivity index (χ1) is 26.9. The van der Waals surface area contributed by atoms with Crippen molar-refractivity contribution in [2.24, 2.45) is 5.92 Å². The van der Waals surface area contributed by atoms with Crippen LogP contribution < -0.4 is 0 Å². The normalized spacial score (nSPS) is 20.8. The summed E-state index contributed by atoms with van der Waals surface area (Å²) in [5.74, 6) is 0.857. The van der Waals surface area contributed by atoms with Gasteiger partial charge in [-0.05, 0) is 114 Å². The number of hydrogen-bond acceptors (Lipinski definition) is 1. The van der Waals surface area contributed by atoms with Gasteiger partial charge in [0.2, 0.25) is 0 Å². The second-order valence-corrected chi connectivity index (χ2v) is 14.2. The fraction of sp³-hybridized carbons (Fsp3) is 0.191. The molecule has 0 saturated heterocycles. The molecule has 2 atom stereocenters. The van der Waals surface area contributed by atoms with Crippen LogP contribution in [-0.2, 0) is 5.41 Å². The predicted molar refractivity (Wildman–Crippen MR) is 203 cm³/mol. The standard InChI is InChI=1S/C47H38O/c1-47(2)41-17-9-7-11-33(41)39-28-32(23-25-42(39)47)46-37-15-5-3-13-35(37)45(36-14-4-6-16-38(36)46)30-21-19-29(20-22-30)31-24-26-44-40(27-31)34-12-8-10-18-43(34)48-44/h3-6,8,10,12-16,18-28,33,41H,7,9,11,17H2,1-2H3/i3D,4D,5D,6D,13D,14D,15D,16D. The Morgan fingerprint density at radius 3 is 1.88 bits per heavy atom. The van der Waals surface area contributed by atoms with Crippen LogP contribution in [0.15, 0.2) is 138 Å². The molecule has 0 bridgehead atoms. The summed E-state index contributed by atoms with van der Waals surface area (Å²) in [5.41, 5.74) is 8.03. The van der Waals surface area contributed by atoms with Gasteiger partial charge in [0.1, 0.15) is 11.2 Å². The maximum atomic E-state index is 9.40. The average Bonchev–Trinajstić information content (AvgIpc) is 3.70. The summed E-state index contributed by atoms with van der Waals surface area (Å²) >= 11 is 0. The van der Waals surface area contributed by atoms with E-state index in [1.807, 2.05) is 66.7 Å². The van der Waals surface area contributed by atoms with E-state index in [-0.39, 0.29) is 63.2 Å². The van der Waals surface area contributed by atoms with Gasteiger partial charge >= 0.3 is 0 Å². The maximum absolute atomic E-state index is 9.40. The van der Waals surface area contributed by atoms with Crippen molar-refractivity contribution in [3.63, 3.8) is 0 Å². The summed E-state index contributed by atoms with van der Waals surface area (Å²) < 4.78 is 79.0. The first-order valence-corrected chi connectivity index (χ1v) is 17.0. The molecule has 1 nitrogen and oxygen atoms in total. The third kappa shape index (κ3) is 4.03. The topological polar surface area (TPSA) is 13.1 Å². The zero-order chi connectivity index (χ0) is 38.9. The monoisotopic (exact) mass is 626 g/mol. The molecule has 232 valence electrons. The average molecular weight is 627 g/mol. The van der Waals surface area contributed by atoms with E-state index >= 15 is 0 Å². The molecular weight excluding hydrogens is 581 g/mol. The molecule has 8 aromatic rings. The van der Waals surface area contributed by atoms with Gasteiger partial charge in [0.25, 0.3) is 0 Å². The number of benzene rings is 7. The Labute approximate surface area is 293 Å². The first-order valence-electron chi connectivity index (χ1n) is 21.0. The number of para-hydroxylation sites is 1. The zero-order valence-electron chi connectivity index (χ0n) is 35.0. The van der Waals surface area contributed by atoms with Crippen LogP contribution in [0.2, 0.25) is 0 Å². The summed E-state index contributed by atoms with van der Waals surface area (Å²) in [6.45, 7) is 4.63. The van der Waals surface area contributed by atoms with Crippen LogP contribution in [0.5, 0.6) is 0 Å². The highest BCUT2D eigenvalue weighted by Gasteiger charge is 2.46. The Kier molecular flexibility index (Phi) is 4.55. The fourth-order valence-corrected chi connectivity index (χ4v) is 9.12. The highest BCUT2D eigenvalue weighted by Crippen LogP contribution is 2.57. The lowest BCUT2D eigenvalue weighted by atomic mass is 9.70. The van der Waals surface area contributed by atoms with Gasteiger partial charge in [0.05, 0.1) is 11.0 Å². The fourth-order valence-electron chi connectivity index (χ4n) is 9.12. The minimum atomic E-state index is -0.395. The van der Waals surface area contributed by atoms with Crippen LogP contribution in [0.4, 0.5) is 0 Å². The van der Waals surface area contributed by atoms with Crippen molar-refractivity contribution >= 4 is 43.5 Å². The van der Waals surface area contributed by atoms with Crippen LogP contribution >= 0.6 is 0 Å². The minimum Gasteiger partial charge on any atom is -0.456 e. The molecule has 0 radical (unpaired) electrons. The van der Waals surface area contributed by atoms with E-state index in [9.17, 15) is 5.48 Å². The molecule has 1 aromatic heterocycles. The maximum Gasteiger partial charge on any atom is 0.135 e. The van der Waals surface area contributed by atoms with E-state index in [2.05, 4.69) is 32.0 Å². The van der Waals surface area contributed by atoms with Gasteiger partial charge in [-0.3, -0.25) is 0 Å². The van der Waals surface area contributed by atoms with Gasteiger partial charge in [0.15, 0.2) is 0 Å². The molecule has 1 heteroatoms. The van der Waals surface area contributed by atoms with Crippen molar-refractivity contribution in [1.82, 2.24) is 0 Å². The van der Waals surface area contributed by atoms with E-state index in [1.165, 1.54) is 17.5 Å².